The monoisotopic (exact) mass is 214 g/mol. The molecule has 0 spiro atoms. The Morgan fingerprint density at radius 1 is 1.25 bits per heavy atom. The molecule has 5 N–H and O–H groups in total. The van der Waals surface area contributed by atoms with Crippen molar-refractivity contribution in [2.45, 2.75) is 5.54 Å². The van der Waals surface area contributed by atoms with Gasteiger partial charge < -0.3 is 21.1 Å². The molecule has 0 saturated carbocycles. The molecule has 0 aliphatic carbocycles. The van der Waals surface area contributed by atoms with Gasteiger partial charge in [-0.25, -0.2) is 19.6 Å². The number of rotatable bonds is 3. The molecule has 0 amide bonds. The average molecular weight is 214 g/mol. The number of aliphatic hydroxyl groups is 3. The summed E-state index contributed by atoms with van der Waals surface area (Å²) >= 11 is 0. The van der Waals surface area contributed by atoms with E-state index < -0.39 is 25.4 Å². The molecule has 0 aromatic heterocycles. The molecule has 0 radical (unpaired) electrons. The van der Waals surface area contributed by atoms with Crippen LogP contribution in [-0.4, -0.2) is 40.7 Å². The summed E-state index contributed by atoms with van der Waals surface area (Å²) in [6.45, 7) is 5.29. The van der Waals surface area contributed by atoms with E-state index in [0.29, 0.717) is 0 Å². The van der Waals surface area contributed by atoms with E-state index in [4.69, 9.17) is 21.1 Å². The molecule has 12 heavy (non-hydrogen) atoms. The van der Waals surface area contributed by atoms with Crippen LogP contribution < -0.4 is 5.73 Å². The van der Waals surface area contributed by atoms with Crippen molar-refractivity contribution in [2.75, 3.05) is 19.8 Å². The second-order valence-corrected chi connectivity index (χ2v) is 2.13. The van der Waals surface area contributed by atoms with Crippen LogP contribution in [0.4, 0.5) is 0 Å². The SMILES string of the molecule is C=C[CH2-].NC(CO)(CO)CO.[Cr]. The second kappa shape index (κ2) is 11.0. The summed E-state index contributed by atoms with van der Waals surface area (Å²) in [5.74, 6) is 0. The van der Waals surface area contributed by atoms with E-state index >= 15 is 0 Å². The summed E-state index contributed by atoms with van der Waals surface area (Å²) in [6.07, 6.45) is 1.50. The fourth-order valence-corrected chi connectivity index (χ4v) is 0.150. The van der Waals surface area contributed by atoms with Crippen LogP contribution in [0.2, 0.25) is 0 Å². The Morgan fingerprint density at radius 2 is 1.42 bits per heavy atom. The van der Waals surface area contributed by atoms with E-state index in [1.54, 1.807) is 0 Å². The first-order chi connectivity index (χ1) is 5.10. The molecule has 0 atom stereocenters. The fraction of sp³-hybridized carbons (Fsp3) is 0.571. The van der Waals surface area contributed by atoms with E-state index in [9.17, 15) is 0 Å². The molecule has 0 aliphatic heterocycles. The Kier molecular flexibility index (Phi) is 16.4. The first-order valence-electron chi connectivity index (χ1n) is 3.11. The zero-order valence-corrected chi connectivity index (χ0v) is 8.22. The first kappa shape index (κ1) is 17.9. The Labute approximate surface area is 83.8 Å². The van der Waals surface area contributed by atoms with Gasteiger partial charge in [0.05, 0.1) is 25.4 Å². The molecule has 0 saturated heterocycles. The maximum Gasteiger partial charge on any atom is 0.0856 e. The Morgan fingerprint density at radius 3 is 1.42 bits per heavy atom. The maximum absolute atomic E-state index is 8.34. The van der Waals surface area contributed by atoms with Crippen molar-refractivity contribution in [3.05, 3.63) is 19.6 Å². The number of aliphatic hydroxyl groups excluding tert-OH is 3. The third-order valence-electron chi connectivity index (χ3n) is 0.945. The van der Waals surface area contributed by atoms with Crippen LogP contribution in [0.25, 0.3) is 0 Å². The molecule has 0 aromatic carbocycles. The van der Waals surface area contributed by atoms with E-state index in [1.807, 2.05) is 0 Å². The topological polar surface area (TPSA) is 86.7 Å². The van der Waals surface area contributed by atoms with Crippen molar-refractivity contribution < 1.29 is 32.7 Å². The van der Waals surface area contributed by atoms with Crippen molar-refractivity contribution in [1.82, 2.24) is 0 Å². The molecule has 0 fully saturated rings. The van der Waals surface area contributed by atoms with Crippen LogP contribution in [0.15, 0.2) is 12.7 Å². The summed E-state index contributed by atoms with van der Waals surface area (Å²) in [5.41, 5.74) is 3.94. The minimum atomic E-state index is -1.21. The van der Waals surface area contributed by atoms with Gasteiger partial charge in [-0.3, -0.25) is 0 Å². The van der Waals surface area contributed by atoms with Gasteiger partial charge in [0, 0.05) is 17.4 Å². The van der Waals surface area contributed by atoms with Gasteiger partial charge in [0.15, 0.2) is 0 Å². The van der Waals surface area contributed by atoms with Crippen molar-refractivity contribution in [3.63, 3.8) is 0 Å². The Hall–Kier alpha value is -0.0175. The predicted molar refractivity (Wildman–Crippen MR) is 43.7 cm³/mol. The molecule has 74 valence electrons. The van der Waals surface area contributed by atoms with Gasteiger partial charge in [-0.2, -0.15) is 0 Å². The summed E-state index contributed by atoms with van der Waals surface area (Å²) in [4.78, 5) is 0. The molecular formula is C7H16CrNO3-. The number of hydrogen-bond acceptors (Lipinski definition) is 4. The van der Waals surface area contributed by atoms with E-state index in [1.165, 1.54) is 6.08 Å². The second-order valence-electron chi connectivity index (χ2n) is 2.13. The molecule has 0 unspecified atom stereocenters. The van der Waals surface area contributed by atoms with Gasteiger partial charge in [0.25, 0.3) is 0 Å². The van der Waals surface area contributed by atoms with E-state index in [2.05, 4.69) is 13.5 Å². The van der Waals surface area contributed by atoms with Crippen molar-refractivity contribution in [3.8, 4) is 0 Å². The van der Waals surface area contributed by atoms with E-state index in [0.717, 1.165) is 0 Å². The third-order valence-corrected chi connectivity index (χ3v) is 0.945. The van der Waals surface area contributed by atoms with Crippen molar-refractivity contribution in [1.29, 1.82) is 0 Å². The van der Waals surface area contributed by atoms with Gasteiger partial charge in [0.1, 0.15) is 0 Å². The van der Waals surface area contributed by atoms with Crippen LogP contribution in [0.3, 0.4) is 0 Å². The minimum Gasteiger partial charge on any atom is -0.394 e. The van der Waals surface area contributed by atoms with Gasteiger partial charge in [-0.05, 0) is 0 Å². The van der Waals surface area contributed by atoms with E-state index in [-0.39, 0.29) is 17.4 Å². The largest absolute Gasteiger partial charge is 0.394 e. The Bertz CT molecular complexity index is 88.4. The number of hydrogen-bond donors (Lipinski definition) is 4. The summed E-state index contributed by atoms with van der Waals surface area (Å²) in [7, 11) is 0. The third kappa shape index (κ3) is 9.98. The number of allylic oxidation sites excluding steroid dienone is 1. The smallest absolute Gasteiger partial charge is 0.0856 e. The maximum atomic E-state index is 8.34. The average Bonchev–Trinajstić information content (AvgIpc) is 2.05. The quantitative estimate of drug-likeness (QED) is 0.438. The molecule has 0 heterocycles. The van der Waals surface area contributed by atoms with Crippen LogP contribution in [0, 0.1) is 6.92 Å². The Balaban J connectivity index is -0.000000177. The fourth-order valence-electron chi connectivity index (χ4n) is 0.150. The van der Waals surface area contributed by atoms with Gasteiger partial charge in [-0.1, -0.05) is 0 Å². The molecule has 5 heteroatoms. The van der Waals surface area contributed by atoms with Gasteiger partial charge in [-0.15, -0.1) is 0 Å². The van der Waals surface area contributed by atoms with Crippen LogP contribution in [-0.2, 0) is 17.4 Å². The summed E-state index contributed by atoms with van der Waals surface area (Å²) < 4.78 is 0. The van der Waals surface area contributed by atoms with Crippen LogP contribution in [0.5, 0.6) is 0 Å². The zero-order chi connectivity index (χ0) is 9.33. The van der Waals surface area contributed by atoms with Crippen molar-refractivity contribution in [2.24, 2.45) is 5.73 Å². The zero-order valence-electron chi connectivity index (χ0n) is 6.94. The molecule has 0 aliphatic rings. The summed E-state index contributed by atoms with van der Waals surface area (Å²) in [6, 6.07) is 0. The normalized spacial score (nSPS) is 9.00. The molecular weight excluding hydrogens is 198 g/mol. The number of nitrogens with two attached hydrogens (primary N) is 1. The van der Waals surface area contributed by atoms with Crippen molar-refractivity contribution >= 4 is 0 Å². The van der Waals surface area contributed by atoms with Crippen LogP contribution >= 0.6 is 0 Å². The predicted octanol–water partition coefficient (Wildman–Crippen LogP) is -1.34. The van der Waals surface area contributed by atoms with Gasteiger partial charge >= 0.3 is 0 Å². The molecule has 0 bridgehead atoms. The first-order valence-corrected chi connectivity index (χ1v) is 3.11. The molecule has 0 rings (SSSR count). The molecule has 4 nitrogen and oxygen atoms in total. The summed E-state index contributed by atoms with van der Waals surface area (Å²) in [5, 5.41) is 25.0. The minimum absolute atomic E-state index is 0. The standard InChI is InChI=1S/C4H11NO3.C3H5.Cr/c5-4(1-6,2-7)3-8;1-3-2;/h6-8H,1-3,5H2;3H,1-2H2;/q;-1;. The molecule has 0 aromatic rings. The van der Waals surface area contributed by atoms with Crippen LogP contribution in [0.1, 0.15) is 0 Å². The van der Waals surface area contributed by atoms with Gasteiger partial charge in [0.2, 0.25) is 0 Å².